The monoisotopic (exact) mass is 443 g/mol. The third kappa shape index (κ3) is 6.16. The molecule has 9 heteroatoms. The molecule has 2 atom stereocenters. The number of piperazine rings is 1. The van der Waals surface area contributed by atoms with E-state index in [-0.39, 0.29) is 37.9 Å². The van der Waals surface area contributed by atoms with Crippen molar-refractivity contribution in [1.29, 1.82) is 0 Å². The van der Waals surface area contributed by atoms with Crippen molar-refractivity contribution in [3.63, 3.8) is 0 Å². The maximum absolute atomic E-state index is 13.3. The molecule has 3 rings (SSSR count). The number of aryl methyl sites for hydroxylation is 1. The zero-order valence-corrected chi connectivity index (χ0v) is 18.4. The maximum atomic E-state index is 13.3. The number of hydrogen-bond acceptors (Lipinski definition) is 6. The standard InChI is InChI=1S/C23H29N3O6/c1-15-6-3-4-7-17(15)12-19(25-16(2)27)23(30)26-10-9-24-22(29)20(26)13-21(28)32-14-18-8-5-11-31-18/h3-4,6-7,12,18,20H,5,8-11,13-14H2,1-2H3,(H,24,29)(H,25,27)/b19-12+. The molecule has 2 heterocycles. The Hall–Kier alpha value is -3.20. The number of amides is 3. The van der Waals surface area contributed by atoms with Gasteiger partial charge in [-0.25, -0.2) is 0 Å². The number of benzene rings is 1. The first-order chi connectivity index (χ1) is 15.3. The number of nitrogens with one attached hydrogen (secondary N) is 2. The van der Waals surface area contributed by atoms with Crippen LogP contribution in [-0.4, -0.2) is 67.0 Å². The second-order valence-corrected chi connectivity index (χ2v) is 7.92. The molecular weight excluding hydrogens is 414 g/mol. The number of esters is 1. The highest BCUT2D eigenvalue weighted by molar-refractivity contribution is 6.03. The fourth-order valence-corrected chi connectivity index (χ4v) is 3.74. The fourth-order valence-electron chi connectivity index (χ4n) is 3.74. The van der Waals surface area contributed by atoms with Crippen LogP contribution in [0.3, 0.4) is 0 Å². The molecule has 0 aromatic heterocycles. The second-order valence-electron chi connectivity index (χ2n) is 7.92. The van der Waals surface area contributed by atoms with Crippen molar-refractivity contribution in [2.45, 2.75) is 45.3 Å². The third-order valence-electron chi connectivity index (χ3n) is 5.44. The van der Waals surface area contributed by atoms with Gasteiger partial charge in [0, 0.05) is 26.6 Å². The summed E-state index contributed by atoms with van der Waals surface area (Å²) < 4.78 is 10.7. The molecule has 0 bridgehead atoms. The summed E-state index contributed by atoms with van der Waals surface area (Å²) in [6.45, 7) is 4.44. The molecule has 172 valence electrons. The molecule has 0 radical (unpaired) electrons. The van der Waals surface area contributed by atoms with Crippen molar-refractivity contribution in [3.8, 4) is 0 Å². The number of nitrogens with zero attached hydrogens (tertiary/aromatic N) is 1. The number of carbonyl (C=O) groups excluding carboxylic acids is 4. The summed E-state index contributed by atoms with van der Waals surface area (Å²) in [5.74, 6) is -1.96. The van der Waals surface area contributed by atoms with Crippen LogP contribution in [0.1, 0.15) is 37.3 Å². The zero-order valence-electron chi connectivity index (χ0n) is 18.4. The quantitative estimate of drug-likeness (QED) is 0.478. The first-order valence-electron chi connectivity index (χ1n) is 10.8. The molecule has 0 saturated carbocycles. The van der Waals surface area contributed by atoms with Gasteiger partial charge < -0.3 is 25.0 Å². The number of ether oxygens (including phenoxy) is 2. The molecule has 2 aliphatic rings. The van der Waals surface area contributed by atoms with E-state index in [0.29, 0.717) is 6.61 Å². The van der Waals surface area contributed by atoms with Gasteiger partial charge in [-0.3, -0.25) is 19.2 Å². The minimum Gasteiger partial charge on any atom is -0.463 e. The van der Waals surface area contributed by atoms with Gasteiger partial charge in [0.15, 0.2) is 0 Å². The molecule has 32 heavy (non-hydrogen) atoms. The minimum atomic E-state index is -1.03. The average Bonchev–Trinajstić information content (AvgIpc) is 3.28. The van der Waals surface area contributed by atoms with Crippen LogP contribution in [0.15, 0.2) is 30.0 Å². The van der Waals surface area contributed by atoms with Crippen LogP contribution < -0.4 is 10.6 Å². The van der Waals surface area contributed by atoms with Crippen molar-refractivity contribution >= 4 is 29.8 Å². The molecule has 1 aromatic carbocycles. The Morgan fingerprint density at radius 3 is 2.78 bits per heavy atom. The highest BCUT2D eigenvalue weighted by Crippen LogP contribution is 2.18. The van der Waals surface area contributed by atoms with E-state index in [4.69, 9.17) is 9.47 Å². The topological polar surface area (TPSA) is 114 Å². The average molecular weight is 444 g/mol. The van der Waals surface area contributed by atoms with Gasteiger partial charge in [0.25, 0.3) is 5.91 Å². The summed E-state index contributed by atoms with van der Waals surface area (Å²) in [5, 5.41) is 5.26. The molecule has 0 spiro atoms. The Morgan fingerprint density at radius 2 is 2.09 bits per heavy atom. The molecule has 1 aromatic rings. The minimum absolute atomic E-state index is 0.0409. The Morgan fingerprint density at radius 1 is 1.31 bits per heavy atom. The Bertz CT molecular complexity index is 907. The van der Waals surface area contributed by atoms with E-state index in [0.717, 1.165) is 24.0 Å². The summed E-state index contributed by atoms with van der Waals surface area (Å²) in [6.07, 6.45) is 2.93. The Kier molecular flexibility index (Phi) is 7.99. The van der Waals surface area contributed by atoms with Crippen LogP contribution in [0.4, 0.5) is 0 Å². The lowest BCUT2D eigenvalue weighted by atomic mass is 10.1. The fraction of sp³-hybridized carbons (Fsp3) is 0.478. The van der Waals surface area contributed by atoms with Crippen LogP contribution in [-0.2, 0) is 28.7 Å². The predicted octanol–water partition coefficient (Wildman–Crippen LogP) is 0.911. The van der Waals surface area contributed by atoms with Crippen LogP contribution in [0.25, 0.3) is 6.08 Å². The highest BCUT2D eigenvalue weighted by atomic mass is 16.6. The van der Waals surface area contributed by atoms with Gasteiger partial charge in [-0.15, -0.1) is 0 Å². The first kappa shape index (κ1) is 23.5. The van der Waals surface area contributed by atoms with Gasteiger partial charge >= 0.3 is 5.97 Å². The molecule has 2 unspecified atom stereocenters. The number of hydrogen-bond donors (Lipinski definition) is 2. The van der Waals surface area contributed by atoms with E-state index in [1.165, 1.54) is 11.8 Å². The predicted molar refractivity (Wildman–Crippen MR) is 116 cm³/mol. The Labute approximate surface area is 187 Å². The van der Waals surface area contributed by atoms with E-state index in [1.54, 1.807) is 6.08 Å². The molecule has 0 aliphatic carbocycles. The van der Waals surface area contributed by atoms with E-state index in [2.05, 4.69) is 10.6 Å². The normalized spacial score (nSPS) is 21.1. The van der Waals surface area contributed by atoms with Crippen LogP contribution >= 0.6 is 0 Å². The van der Waals surface area contributed by atoms with Gasteiger partial charge in [-0.2, -0.15) is 0 Å². The lowest BCUT2D eigenvalue weighted by Gasteiger charge is -2.35. The molecule has 3 amide bonds. The van der Waals surface area contributed by atoms with Gasteiger partial charge in [0.2, 0.25) is 11.8 Å². The van der Waals surface area contributed by atoms with Crippen LogP contribution in [0.5, 0.6) is 0 Å². The third-order valence-corrected chi connectivity index (χ3v) is 5.44. The highest BCUT2D eigenvalue weighted by Gasteiger charge is 2.36. The number of rotatable bonds is 7. The smallest absolute Gasteiger partial charge is 0.308 e. The van der Waals surface area contributed by atoms with Crippen LogP contribution in [0.2, 0.25) is 0 Å². The first-order valence-corrected chi connectivity index (χ1v) is 10.8. The summed E-state index contributed by atoms with van der Waals surface area (Å²) >= 11 is 0. The van der Waals surface area contributed by atoms with Crippen molar-refractivity contribution in [3.05, 3.63) is 41.1 Å². The number of carbonyl (C=O) groups is 4. The molecule has 9 nitrogen and oxygen atoms in total. The molecule has 2 aliphatic heterocycles. The van der Waals surface area contributed by atoms with E-state index >= 15 is 0 Å². The SMILES string of the molecule is CC(=O)N/C(=C/c1ccccc1C)C(=O)N1CCNC(=O)C1CC(=O)OCC1CCCO1. The molecular formula is C23H29N3O6. The van der Waals surface area contributed by atoms with Gasteiger partial charge in [-0.05, 0) is 37.0 Å². The van der Waals surface area contributed by atoms with Gasteiger partial charge in [0.1, 0.15) is 18.3 Å². The van der Waals surface area contributed by atoms with Crippen molar-refractivity contribution in [1.82, 2.24) is 15.5 Å². The second kappa shape index (κ2) is 10.9. The largest absolute Gasteiger partial charge is 0.463 e. The molecule has 2 saturated heterocycles. The van der Waals surface area contributed by atoms with E-state index in [9.17, 15) is 19.2 Å². The van der Waals surface area contributed by atoms with Gasteiger partial charge in [-0.1, -0.05) is 24.3 Å². The van der Waals surface area contributed by atoms with Gasteiger partial charge in [0.05, 0.1) is 12.5 Å². The Balaban J connectivity index is 1.76. The molecule has 2 fully saturated rings. The van der Waals surface area contributed by atoms with E-state index in [1.807, 2.05) is 31.2 Å². The molecule has 2 N–H and O–H groups in total. The lowest BCUT2D eigenvalue weighted by molar-refractivity contribution is -0.153. The lowest BCUT2D eigenvalue weighted by Crippen LogP contribution is -2.58. The van der Waals surface area contributed by atoms with Crippen LogP contribution in [0, 0.1) is 6.92 Å². The van der Waals surface area contributed by atoms with Crippen molar-refractivity contribution in [2.24, 2.45) is 0 Å². The maximum Gasteiger partial charge on any atom is 0.308 e. The summed E-state index contributed by atoms with van der Waals surface area (Å²) in [6, 6.07) is 6.40. The summed E-state index contributed by atoms with van der Waals surface area (Å²) in [5.41, 5.74) is 1.73. The van der Waals surface area contributed by atoms with Crippen molar-refractivity contribution in [2.75, 3.05) is 26.3 Å². The van der Waals surface area contributed by atoms with Crippen molar-refractivity contribution < 1.29 is 28.7 Å². The zero-order chi connectivity index (χ0) is 23.1. The summed E-state index contributed by atoms with van der Waals surface area (Å²) in [4.78, 5) is 51.3. The van der Waals surface area contributed by atoms with E-state index < -0.39 is 29.7 Å². The summed E-state index contributed by atoms with van der Waals surface area (Å²) in [7, 11) is 0.